The fraction of sp³-hybridized carbons (Fsp3) is 0.391. The van der Waals surface area contributed by atoms with Crippen LogP contribution in [0.1, 0.15) is 44.5 Å². The number of hydrazine groups is 1. The summed E-state index contributed by atoms with van der Waals surface area (Å²) in [5.74, 6) is 0.707. The summed E-state index contributed by atoms with van der Waals surface area (Å²) in [6.07, 6.45) is 7.51. The molecule has 0 saturated heterocycles. The lowest BCUT2D eigenvalue weighted by molar-refractivity contribution is 0.180. The fourth-order valence-corrected chi connectivity index (χ4v) is 3.35. The van der Waals surface area contributed by atoms with Crippen LogP contribution in [0, 0.1) is 5.41 Å². The van der Waals surface area contributed by atoms with E-state index < -0.39 is 0 Å². The highest BCUT2D eigenvalue weighted by Crippen LogP contribution is 2.23. The molecule has 0 aliphatic rings. The van der Waals surface area contributed by atoms with Gasteiger partial charge in [0.15, 0.2) is 0 Å². The van der Waals surface area contributed by atoms with Gasteiger partial charge in [0.1, 0.15) is 11.5 Å². The van der Waals surface area contributed by atoms with Gasteiger partial charge in [0.05, 0.1) is 30.2 Å². The number of ether oxygens (including phenoxy) is 1. The van der Waals surface area contributed by atoms with Crippen molar-refractivity contribution >= 4 is 23.9 Å². The second-order valence-electron chi connectivity index (χ2n) is 7.15. The van der Waals surface area contributed by atoms with E-state index in [0.29, 0.717) is 24.4 Å². The Balaban J connectivity index is 2.54. The summed E-state index contributed by atoms with van der Waals surface area (Å²) in [4.78, 5) is 13.4. The van der Waals surface area contributed by atoms with Gasteiger partial charge in [-0.3, -0.25) is 10.0 Å². The molecule has 1 unspecified atom stereocenters. The van der Waals surface area contributed by atoms with E-state index in [0.717, 1.165) is 28.2 Å². The lowest BCUT2D eigenvalue weighted by atomic mass is 10.1. The highest BCUT2D eigenvalue weighted by Gasteiger charge is 2.21. The average Bonchev–Trinajstić information content (AvgIpc) is 3.17. The van der Waals surface area contributed by atoms with E-state index in [9.17, 15) is 0 Å². The molecule has 1 atom stereocenters. The Morgan fingerprint density at radius 2 is 2.19 bits per heavy atom. The molecular formula is C23H33N7O. The molecule has 2 aromatic heterocycles. The van der Waals surface area contributed by atoms with Crippen LogP contribution >= 0.6 is 0 Å². The van der Waals surface area contributed by atoms with E-state index in [4.69, 9.17) is 15.1 Å². The van der Waals surface area contributed by atoms with Crippen molar-refractivity contribution in [3.05, 3.63) is 59.2 Å². The molecule has 8 nitrogen and oxygen atoms in total. The van der Waals surface area contributed by atoms with Crippen LogP contribution < -0.4 is 5.43 Å². The summed E-state index contributed by atoms with van der Waals surface area (Å²) < 4.78 is 7.34. The number of imidazole rings is 1. The number of allylic oxidation sites excluding steroid dienone is 2. The molecule has 0 aliphatic carbocycles. The van der Waals surface area contributed by atoms with E-state index in [-0.39, 0.29) is 6.04 Å². The Morgan fingerprint density at radius 3 is 2.74 bits per heavy atom. The van der Waals surface area contributed by atoms with Gasteiger partial charge in [-0.15, -0.1) is 0 Å². The van der Waals surface area contributed by atoms with Crippen molar-refractivity contribution in [2.24, 2.45) is 9.98 Å². The standard InChI is InChI=1S/C23H33N7O/c1-8-21(19(11-24)12-25-5)28-23(16(2)3)30(26-6)17(4)18-9-10-22-27-13-20(15-31-7)29(22)14-18/h9-14,17,24,26H,2,8,15H2,1,3-7H3/b21-19-,24-11?,25-12?,28-23?. The van der Waals surface area contributed by atoms with Crippen LogP contribution in [0.3, 0.4) is 0 Å². The molecule has 0 radical (unpaired) electrons. The summed E-state index contributed by atoms with van der Waals surface area (Å²) >= 11 is 0. The van der Waals surface area contributed by atoms with E-state index >= 15 is 0 Å². The average molecular weight is 424 g/mol. The van der Waals surface area contributed by atoms with Crippen LogP contribution in [-0.4, -0.2) is 53.9 Å². The van der Waals surface area contributed by atoms with E-state index in [1.807, 2.05) is 42.6 Å². The number of methoxy groups -OCH3 is 1. The Kier molecular flexibility index (Phi) is 8.84. The number of pyridine rings is 1. The minimum Gasteiger partial charge on any atom is -0.378 e. The number of hydrogen-bond acceptors (Lipinski definition) is 6. The van der Waals surface area contributed by atoms with Crippen molar-refractivity contribution in [3.63, 3.8) is 0 Å². The Labute approximate surface area is 184 Å². The molecule has 0 amide bonds. The van der Waals surface area contributed by atoms with Crippen molar-refractivity contribution in [3.8, 4) is 0 Å². The highest BCUT2D eigenvalue weighted by molar-refractivity contribution is 6.05. The lowest BCUT2D eigenvalue weighted by Gasteiger charge is -2.32. The summed E-state index contributed by atoms with van der Waals surface area (Å²) in [5.41, 5.74) is 8.47. The molecular weight excluding hydrogens is 390 g/mol. The molecule has 0 saturated carbocycles. The first-order valence-electron chi connectivity index (χ1n) is 10.2. The zero-order valence-corrected chi connectivity index (χ0v) is 19.3. The van der Waals surface area contributed by atoms with Crippen LogP contribution in [0.15, 0.2) is 57.9 Å². The number of aromatic nitrogens is 2. The predicted octanol–water partition coefficient (Wildman–Crippen LogP) is 3.97. The first-order valence-corrected chi connectivity index (χ1v) is 10.2. The van der Waals surface area contributed by atoms with Crippen molar-refractivity contribution in [1.82, 2.24) is 19.8 Å². The second kappa shape index (κ2) is 11.3. The third-order valence-electron chi connectivity index (χ3n) is 4.95. The molecule has 2 N–H and O–H groups in total. The smallest absolute Gasteiger partial charge is 0.145 e. The van der Waals surface area contributed by atoms with E-state index in [1.165, 1.54) is 6.21 Å². The van der Waals surface area contributed by atoms with Crippen LogP contribution in [-0.2, 0) is 11.3 Å². The number of amidine groups is 1. The molecule has 31 heavy (non-hydrogen) atoms. The molecule has 8 heteroatoms. The summed E-state index contributed by atoms with van der Waals surface area (Å²) in [6.45, 7) is 10.7. The molecule has 0 spiro atoms. The van der Waals surface area contributed by atoms with E-state index in [1.54, 1.807) is 20.4 Å². The number of nitrogens with zero attached hydrogens (tertiary/aromatic N) is 5. The number of rotatable bonds is 10. The third-order valence-corrected chi connectivity index (χ3v) is 4.95. The van der Waals surface area contributed by atoms with Gasteiger partial charge in [-0.1, -0.05) is 19.6 Å². The fourth-order valence-electron chi connectivity index (χ4n) is 3.35. The maximum Gasteiger partial charge on any atom is 0.145 e. The first-order chi connectivity index (χ1) is 14.9. The van der Waals surface area contributed by atoms with Crippen molar-refractivity contribution in [2.45, 2.75) is 39.8 Å². The SMILES string of the molecule is C=C(C)C(=N/C(CC)=C(/C=N)C=NC)N(NC)C(C)c1ccc2ncc(COC)n2c1. The first kappa shape index (κ1) is 24.2. The molecule has 0 bridgehead atoms. The Bertz CT molecular complexity index is 1020. The number of aliphatic imine (C=N–C) groups is 2. The molecule has 0 fully saturated rings. The molecule has 2 aromatic rings. The molecule has 2 rings (SSSR count). The number of fused-ring (bicyclic) bond motifs is 1. The van der Waals surface area contributed by atoms with Crippen LogP contribution in [0.5, 0.6) is 0 Å². The maximum absolute atomic E-state index is 7.72. The van der Waals surface area contributed by atoms with Gasteiger partial charge in [0, 0.05) is 45.4 Å². The van der Waals surface area contributed by atoms with E-state index in [2.05, 4.69) is 41.2 Å². The monoisotopic (exact) mass is 423 g/mol. The van der Waals surface area contributed by atoms with Crippen LogP contribution in [0.2, 0.25) is 0 Å². The quantitative estimate of drug-likeness (QED) is 0.344. The van der Waals surface area contributed by atoms with Gasteiger partial charge in [0.2, 0.25) is 0 Å². The van der Waals surface area contributed by atoms with Gasteiger partial charge in [-0.25, -0.2) is 15.4 Å². The summed E-state index contributed by atoms with van der Waals surface area (Å²) in [5, 5.41) is 9.70. The minimum atomic E-state index is -0.0518. The number of nitrogens with one attached hydrogen (secondary N) is 2. The Hall–Kier alpha value is -3.10. The van der Waals surface area contributed by atoms with Gasteiger partial charge in [-0.05, 0) is 37.5 Å². The largest absolute Gasteiger partial charge is 0.378 e. The summed E-state index contributed by atoms with van der Waals surface area (Å²) in [7, 11) is 5.22. The Morgan fingerprint density at radius 1 is 1.45 bits per heavy atom. The van der Waals surface area contributed by atoms with Gasteiger partial charge >= 0.3 is 0 Å². The third kappa shape index (κ3) is 5.53. The van der Waals surface area contributed by atoms with Gasteiger partial charge in [-0.2, -0.15) is 0 Å². The topological polar surface area (TPSA) is 90.4 Å². The van der Waals surface area contributed by atoms with Crippen LogP contribution in [0.4, 0.5) is 0 Å². The summed E-state index contributed by atoms with van der Waals surface area (Å²) in [6, 6.07) is 4.01. The maximum atomic E-state index is 7.72. The van der Waals surface area contributed by atoms with Gasteiger partial charge in [0.25, 0.3) is 0 Å². The second-order valence-corrected chi connectivity index (χ2v) is 7.15. The number of hydrogen-bond donors (Lipinski definition) is 2. The predicted molar refractivity (Wildman–Crippen MR) is 128 cm³/mol. The highest BCUT2D eigenvalue weighted by atomic mass is 16.5. The van der Waals surface area contributed by atoms with Crippen LogP contribution in [0.25, 0.3) is 5.65 Å². The van der Waals surface area contributed by atoms with Crippen molar-refractivity contribution < 1.29 is 4.74 Å². The van der Waals surface area contributed by atoms with Crippen molar-refractivity contribution in [1.29, 1.82) is 5.41 Å². The normalized spacial score (nSPS) is 14.1. The lowest BCUT2D eigenvalue weighted by Crippen LogP contribution is -2.43. The minimum absolute atomic E-state index is 0.0518. The van der Waals surface area contributed by atoms with Crippen molar-refractivity contribution in [2.75, 3.05) is 21.2 Å². The zero-order chi connectivity index (χ0) is 23.0. The molecule has 0 aromatic carbocycles. The van der Waals surface area contributed by atoms with Gasteiger partial charge < -0.3 is 14.5 Å². The molecule has 2 heterocycles. The molecule has 0 aliphatic heterocycles. The molecule has 166 valence electrons. The zero-order valence-electron chi connectivity index (χ0n) is 19.3.